The van der Waals surface area contributed by atoms with Gasteiger partial charge in [0.1, 0.15) is 11.5 Å². The summed E-state index contributed by atoms with van der Waals surface area (Å²) in [6, 6.07) is 6.11. The van der Waals surface area contributed by atoms with Gasteiger partial charge in [-0.15, -0.1) is 0 Å². The topological polar surface area (TPSA) is 47.7 Å². The molecule has 1 unspecified atom stereocenters. The fraction of sp³-hybridized carbons (Fsp3) is 0.625. The number of fused-ring (bicyclic) bond motifs is 1. The molecule has 0 aliphatic carbocycles. The van der Waals surface area contributed by atoms with Crippen molar-refractivity contribution >= 4 is 0 Å². The Hall–Kier alpha value is -1.26. The Morgan fingerprint density at radius 1 is 1.30 bits per heavy atom. The van der Waals surface area contributed by atoms with Gasteiger partial charge in [-0.2, -0.15) is 0 Å². The van der Waals surface area contributed by atoms with Crippen LogP contribution in [-0.2, 0) is 5.54 Å². The average Bonchev–Trinajstić information content (AvgIpc) is 2.96. The smallest absolute Gasteiger partial charge is 0.124 e. The molecule has 0 aromatic heterocycles. The summed E-state index contributed by atoms with van der Waals surface area (Å²) < 4.78 is 11.3. The molecule has 3 rings (SSSR count). The molecule has 1 aromatic rings. The van der Waals surface area contributed by atoms with Gasteiger partial charge in [0.15, 0.2) is 0 Å². The normalized spacial score (nSPS) is 26.7. The third kappa shape index (κ3) is 2.17. The number of methoxy groups -OCH3 is 1. The lowest BCUT2D eigenvalue weighted by molar-refractivity contribution is 0.112. The van der Waals surface area contributed by atoms with E-state index in [1.54, 1.807) is 7.11 Å². The lowest BCUT2D eigenvalue weighted by Crippen LogP contribution is -2.49. The van der Waals surface area contributed by atoms with Crippen LogP contribution in [0.5, 0.6) is 11.5 Å². The summed E-state index contributed by atoms with van der Waals surface area (Å²) in [5, 5.41) is 0. The second-order valence-electron chi connectivity index (χ2n) is 5.74. The SMILES string of the molecule is COc1ccc2c(c1)C(CN)(N1CCCC1)CCCO2. The first-order valence-electron chi connectivity index (χ1n) is 7.56. The monoisotopic (exact) mass is 276 g/mol. The minimum absolute atomic E-state index is 0.0864. The molecule has 20 heavy (non-hydrogen) atoms. The predicted molar refractivity (Wildman–Crippen MR) is 79.3 cm³/mol. The fourth-order valence-electron chi connectivity index (χ4n) is 3.62. The van der Waals surface area contributed by atoms with E-state index in [9.17, 15) is 0 Å². The minimum atomic E-state index is -0.0864. The molecule has 2 aliphatic heterocycles. The maximum Gasteiger partial charge on any atom is 0.124 e. The van der Waals surface area contributed by atoms with Crippen molar-refractivity contribution in [3.63, 3.8) is 0 Å². The molecule has 0 spiro atoms. The highest BCUT2D eigenvalue weighted by Gasteiger charge is 2.41. The van der Waals surface area contributed by atoms with E-state index in [-0.39, 0.29) is 5.54 Å². The number of hydrogen-bond donors (Lipinski definition) is 1. The molecule has 4 nitrogen and oxygen atoms in total. The number of benzene rings is 1. The molecule has 0 radical (unpaired) electrons. The van der Waals surface area contributed by atoms with Crippen molar-refractivity contribution < 1.29 is 9.47 Å². The van der Waals surface area contributed by atoms with Gasteiger partial charge in [0.25, 0.3) is 0 Å². The first kappa shape index (κ1) is 13.7. The molecular formula is C16H24N2O2. The molecule has 0 bridgehead atoms. The van der Waals surface area contributed by atoms with Gasteiger partial charge in [-0.3, -0.25) is 4.90 Å². The zero-order chi connectivity index (χ0) is 14.0. The van der Waals surface area contributed by atoms with Gasteiger partial charge < -0.3 is 15.2 Å². The number of nitrogens with two attached hydrogens (primary N) is 1. The predicted octanol–water partition coefficient (Wildman–Crippen LogP) is 2.12. The van der Waals surface area contributed by atoms with Crippen LogP contribution in [0.3, 0.4) is 0 Å². The second-order valence-corrected chi connectivity index (χ2v) is 5.74. The molecular weight excluding hydrogens is 252 g/mol. The average molecular weight is 276 g/mol. The minimum Gasteiger partial charge on any atom is -0.497 e. The molecule has 1 saturated heterocycles. The second kappa shape index (κ2) is 5.62. The molecule has 0 saturated carbocycles. The highest BCUT2D eigenvalue weighted by molar-refractivity contribution is 5.46. The zero-order valence-electron chi connectivity index (χ0n) is 12.2. The Kier molecular flexibility index (Phi) is 3.85. The van der Waals surface area contributed by atoms with Crippen LogP contribution < -0.4 is 15.2 Å². The van der Waals surface area contributed by atoms with Crippen LogP contribution in [0.1, 0.15) is 31.2 Å². The van der Waals surface area contributed by atoms with Crippen molar-refractivity contribution in [1.29, 1.82) is 0 Å². The quantitative estimate of drug-likeness (QED) is 0.918. The van der Waals surface area contributed by atoms with Crippen molar-refractivity contribution in [2.75, 3.05) is 33.4 Å². The molecule has 2 heterocycles. The standard InChI is InChI=1S/C16H24N2O2/c1-19-13-5-6-15-14(11-13)16(12-17,7-4-10-20-15)18-8-2-3-9-18/h5-6,11H,2-4,7-10,12,17H2,1H3. The summed E-state index contributed by atoms with van der Waals surface area (Å²) in [5.41, 5.74) is 7.38. The third-order valence-corrected chi connectivity index (χ3v) is 4.73. The number of nitrogens with zero attached hydrogens (tertiary/aromatic N) is 1. The maximum absolute atomic E-state index is 6.26. The van der Waals surface area contributed by atoms with Crippen LogP contribution in [0.25, 0.3) is 0 Å². The summed E-state index contributed by atoms with van der Waals surface area (Å²) >= 11 is 0. The van der Waals surface area contributed by atoms with Gasteiger partial charge in [0.2, 0.25) is 0 Å². The fourth-order valence-corrected chi connectivity index (χ4v) is 3.62. The number of rotatable bonds is 3. The van der Waals surface area contributed by atoms with E-state index in [1.807, 2.05) is 12.1 Å². The zero-order valence-corrected chi connectivity index (χ0v) is 12.2. The van der Waals surface area contributed by atoms with Crippen LogP contribution in [-0.4, -0.2) is 38.3 Å². The first-order valence-corrected chi connectivity index (χ1v) is 7.56. The van der Waals surface area contributed by atoms with E-state index in [2.05, 4.69) is 11.0 Å². The van der Waals surface area contributed by atoms with Gasteiger partial charge in [0, 0.05) is 12.1 Å². The maximum atomic E-state index is 6.26. The lowest BCUT2D eigenvalue weighted by Gasteiger charge is -2.41. The summed E-state index contributed by atoms with van der Waals surface area (Å²) in [5.74, 6) is 1.85. The highest BCUT2D eigenvalue weighted by Crippen LogP contribution is 2.43. The molecule has 2 N–H and O–H groups in total. The Morgan fingerprint density at radius 2 is 2.10 bits per heavy atom. The van der Waals surface area contributed by atoms with Crippen LogP contribution >= 0.6 is 0 Å². The van der Waals surface area contributed by atoms with E-state index in [0.717, 1.165) is 44.0 Å². The van der Waals surface area contributed by atoms with Crippen molar-refractivity contribution in [3.8, 4) is 11.5 Å². The van der Waals surface area contributed by atoms with Gasteiger partial charge in [-0.1, -0.05) is 0 Å². The van der Waals surface area contributed by atoms with Crippen LogP contribution in [0.15, 0.2) is 18.2 Å². The molecule has 110 valence electrons. The van der Waals surface area contributed by atoms with E-state index in [4.69, 9.17) is 15.2 Å². The number of hydrogen-bond acceptors (Lipinski definition) is 4. The summed E-state index contributed by atoms with van der Waals surface area (Å²) in [7, 11) is 1.71. The van der Waals surface area contributed by atoms with E-state index < -0.39 is 0 Å². The van der Waals surface area contributed by atoms with Crippen molar-refractivity contribution in [2.45, 2.75) is 31.2 Å². The Balaban J connectivity index is 2.09. The summed E-state index contributed by atoms with van der Waals surface area (Å²) in [4.78, 5) is 2.56. The van der Waals surface area contributed by atoms with Crippen LogP contribution in [0.2, 0.25) is 0 Å². The van der Waals surface area contributed by atoms with Gasteiger partial charge in [-0.25, -0.2) is 0 Å². The third-order valence-electron chi connectivity index (χ3n) is 4.73. The Labute approximate surface area is 120 Å². The first-order chi connectivity index (χ1) is 9.80. The molecule has 0 amide bonds. The van der Waals surface area contributed by atoms with E-state index in [0.29, 0.717) is 6.54 Å². The summed E-state index contributed by atoms with van der Waals surface area (Å²) in [6.45, 7) is 3.67. The largest absolute Gasteiger partial charge is 0.497 e. The van der Waals surface area contributed by atoms with E-state index >= 15 is 0 Å². The van der Waals surface area contributed by atoms with Gasteiger partial charge in [-0.05, 0) is 57.0 Å². The number of likely N-dealkylation sites (tertiary alicyclic amines) is 1. The molecule has 1 aromatic carbocycles. The van der Waals surface area contributed by atoms with Crippen molar-refractivity contribution in [2.24, 2.45) is 5.73 Å². The Morgan fingerprint density at radius 3 is 2.80 bits per heavy atom. The molecule has 1 fully saturated rings. The lowest BCUT2D eigenvalue weighted by atomic mass is 9.83. The van der Waals surface area contributed by atoms with Gasteiger partial charge in [0.05, 0.1) is 19.3 Å². The molecule has 2 aliphatic rings. The van der Waals surface area contributed by atoms with Crippen LogP contribution in [0, 0.1) is 0 Å². The Bertz CT molecular complexity index is 472. The van der Waals surface area contributed by atoms with Gasteiger partial charge >= 0.3 is 0 Å². The molecule has 1 atom stereocenters. The van der Waals surface area contributed by atoms with Crippen molar-refractivity contribution in [1.82, 2.24) is 4.90 Å². The van der Waals surface area contributed by atoms with E-state index in [1.165, 1.54) is 18.4 Å². The van der Waals surface area contributed by atoms with Crippen LogP contribution in [0.4, 0.5) is 0 Å². The summed E-state index contributed by atoms with van der Waals surface area (Å²) in [6.07, 6.45) is 4.64. The number of ether oxygens (including phenoxy) is 2. The van der Waals surface area contributed by atoms with Crippen molar-refractivity contribution in [3.05, 3.63) is 23.8 Å². The highest BCUT2D eigenvalue weighted by atomic mass is 16.5. The molecule has 4 heteroatoms.